The van der Waals surface area contributed by atoms with Crippen LogP contribution >= 0.6 is 0 Å². The second-order valence-electron chi connectivity index (χ2n) is 6.29. The highest BCUT2D eigenvalue weighted by atomic mass is 16.5. The van der Waals surface area contributed by atoms with Gasteiger partial charge in [-0.3, -0.25) is 4.79 Å². The number of fused-ring (bicyclic) bond motifs is 1. The van der Waals surface area contributed by atoms with Gasteiger partial charge in [-0.2, -0.15) is 0 Å². The van der Waals surface area contributed by atoms with Crippen LogP contribution in [0.1, 0.15) is 43.6 Å². The molecule has 5 heteroatoms. The number of methoxy groups -OCH3 is 1. The number of aryl methyl sites for hydroxylation is 1. The Morgan fingerprint density at radius 3 is 2.88 bits per heavy atom. The third-order valence-electron chi connectivity index (χ3n) is 4.40. The molecule has 2 aromatic rings. The summed E-state index contributed by atoms with van der Waals surface area (Å²) in [7, 11) is 1.62. The number of furan rings is 1. The lowest BCUT2D eigenvalue weighted by Crippen LogP contribution is -2.35. The molecule has 0 bridgehead atoms. The minimum atomic E-state index is 0.00314. The number of amides is 1. The molecule has 0 fully saturated rings. The average molecular weight is 328 g/mol. The van der Waals surface area contributed by atoms with Crippen molar-refractivity contribution < 1.29 is 13.9 Å². The summed E-state index contributed by atoms with van der Waals surface area (Å²) in [5, 5.41) is 6.48. The number of carbonyl (C=O) groups is 1. The van der Waals surface area contributed by atoms with E-state index in [-0.39, 0.29) is 18.0 Å². The van der Waals surface area contributed by atoms with Crippen molar-refractivity contribution in [2.75, 3.05) is 12.4 Å². The number of anilines is 1. The minimum absolute atomic E-state index is 0.00314. The van der Waals surface area contributed by atoms with E-state index in [9.17, 15) is 4.79 Å². The van der Waals surface area contributed by atoms with E-state index < -0.39 is 0 Å². The molecule has 3 rings (SSSR count). The van der Waals surface area contributed by atoms with Crippen LogP contribution in [0.5, 0.6) is 5.75 Å². The highest BCUT2D eigenvalue weighted by molar-refractivity contribution is 5.91. The van der Waals surface area contributed by atoms with Crippen molar-refractivity contribution in [3.8, 4) is 5.75 Å². The van der Waals surface area contributed by atoms with Gasteiger partial charge in [0.05, 0.1) is 13.4 Å². The standard InChI is InChI=1S/C19H24N2O3/c1-13(20-17-4-3-5-18-16(17)10-11-24-18)12-19(22)21-14-6-8-15(23-2)9-7-14/h6-11,13,17,20H,3-5,12H2,1-2H3,(H,21,22). The van der Waals surface area contributed by atoms with Gasteiger partial charge in [0, 0.05) is 36.2 Å². The number of rotatable bonds is 6. The van der Waals surface area contributed by atoms with Gasteiger partial charge in [-0.1, -0.05) is 0 Å². The summed E-state index contributed by atoms with van der Waals surface area (Å²) in [6.07, 6.45) is 5.38. The van der Waals surface area contributed by atoms with Gasteiger partial charge in [-0.25, -0.2) is 0 Å². The second kappa shape index (κ2) is 7.53. The summed E-state index contributed by atoms with van der Waals surface area (Å²) in [5.74, 6) is 1.85. The molecule has 2 N–H and O–H groups in total. The van der Waals surface area contributed by atoms with Gasteiger partial charge < -0.3 is 19.8 Å². The number of ether oxygens (including phenoxy) is 1. The van der Waals surface area contributed by atoms with E-state index >= 15 is 0 Å². The zero-order valence-electron chi connectivity index (χ0n) is 14.2. The minimum Gasteiger partial charge on any atom is -0.497 e. The molecule has 5 nitrogen and oxygen atoms in total. The Labute approximate surface area is 142 Å². The SMILES string of the molecule is COc1ccc(NC(=O)CC(C)NC2CCCc3occc32)cc1. The Bertz CT molecular complexity index is 678. The average Bonchev–Trinajstić information content (AvgIpc) is 3.05. The van der Waals surface area contributed by atoms with E-state index in [1.165, 1.54) is 5.56 Å². The smallest absolute Gasteiger partial charge is 0.225 e. The summed E-state index contributed by atoms with van der Waals surface area (Å²) in [5.41, 5.74) is 2.02. The van der Waals surface area contributed by atoms with Gasteiger partial charge in [0.2, 0.25) is 5.91 Å². The lowest BCUT2D eigenvalue weighted by molar-refractivity contribution is -0.116. The van der Waals surface area contributed by atoms with Gasteiger partial charge in [-0.15, -0.1) is 0 Å². The van der Waals surface area contributed by atoms with Gasteiger partial charge >= 0.3 is 0 Å². The lowest BCUT2D eigenvalue weighted by Gasteiger charge is -2.26. The first kappa shape index (κ1) is 16.6. The molecule has 24 heavy (non-hydrogen) atoms. The van der Waals surface area contributed by atoms with Gasteiger partial charge in [0.15, 0.2) is 0 Å². The molecule has 0 saturated heterocycles. The first-order valence-corrected chi connectivity index (χ1v) is 8.42. The number of hydrogen-bond donors (Lipinski definition) is 2. The molecule has 2 unspecified atom stereocenters. The normalized spacial score (nSPS) is 17.8. The number of hydrogen-bond acceptors (Lipinski definition) is 4. The number of nitrogens with one attached hydrogen (secondary N) is 2. The van der Waals surface area contributed by atoms with E-state index in [1.807, 2.05) is 37.3 Å². The number of carbonyl (C=O) groups excluding carboxylic acids is 1. The summed E-state index contributed by atoms with van der Waals surface area (Å²) < 4.78 is 10.6. The maximum atomic E-state index is 12.2. The zero-order valence-corrected chi connectivity index (χ0v) is 14.2. The first-order chi connectivity index (χ1) is 11.7. The summed E-state index contributed by atoms with van der Waals surface area (Å²) in [6.45, 7) is 2.04. The van der Waals surface area contributed by atoms with Crippen molar-refractivity contribution >= 4 is 11.6 Å². The van der Waals surface area contributed by atoms with Crippen LogP contribution in [0.3, 0.4) is 0 Å². The molecule has 1 amide bonds. The first-order valence-electron chi connectivity index (χ1n) is 8.42. The summed E-state index contributed by atoms with van der Waals surface area (Å²) in [6, 6.07) is 9.75. The Hall–Kier alpha value is -2.27. The molecule has 0 radical (unpaired) electrons. The molecule has 2 atom stereocenters. The van der Waals surface area contributed by atoms with E-state index in [2.05, 4.69) is 10.6 Å². The van der Waals surface area contributed by atoms with Crippen LogP contribution < -0.4 is 15.4 Å². The quantitative estimate of drug-likeness (QED) is 0.849. The molecule has 0 aliphatic heterocycles. The van der Waals surface area contributed by atoms with Gasteiger partial charge in [0.1, 0.15) is 11.5 Å². The molecule has 1 aromatic heterocycles. The van der Waals surface area contributed by atoms with Crippen molar-refractivity contribution in [1.29, 1.82) is 0 Å². The largest absolute Gasteiger partial charge is 0.497 e. The summed E-state index contributed by atoms with van der Waals surface area (Å²) in [4.78, 5) is 12.2. The Balaban J connectivity index is 1.51. The second-order valence-corrected chi connectivity index (χ2v) is 6.29. The molecule has 1 aromatic carbocycles. The van der Waals surface area contributed by atoms with Gasteiger partial charge in [0.25, 0.3) is 0 Å². The highest BCUT2D eigenvalue weighted by Gasteiger charge is 2.24. The van der Waals surface area contributed by atoms with E-state index in [4.69, 9.17) is 9.15 Å². The van der Waals surface area contributed by atoms with E-state index in [1.54, 1.807) is 13.4 Å². The van der Waals surface area contributed by atoms with Crippen LogP contribution in [0.15, 0.2) is 41.0 Å². The van der Waals surface area contributed by atoms with Crippen LogP contribution in [-0.4, -0.2) is 19.1 Å². The maximum absolute atomic E-state index is 12.2. The van der Waals surface area contributed by atoms with Crippen LogP contribution in [0.25, 0.3) is 0 Å². The van der Waals surface area contributed by atoms with Crippen molar-refractivity contribution in [2.24, 2.45) is 0 Å². The molecular weight excluding hydrogens is 304 g/mol. The van der Waals surface area contributed by atoms with Gasteiger partial charge in [-0.05, 0) is 50.1 Å². The molecule has 1 heterocycles. The summed E-state index contributed by atoms with van der Waals surface area (Å²) >= 11 is 0. The Morgan fingerprint density at radius 1 is 1.33 bits per heavy atom. The van der Waals surface area contributed by atoms with Crippen molar-refractivity contribution in [1.82, 2.24) is 5.32 Å². The molecule has 0 spiro atoms. The van der Waals surface area contributed by atoms with E-state index in [0.717, 1.165) is 36.5 Å². The molecule has 128 valence electrons. The van der Waals surface area contributed by atoms with Crippen LogP contribution in [-0.2, 0) is 11.2 Å². The Morgan fingerprint density at radius 2 is 2.12 bits per heavy atom. The van der Waals surface area contributed by atoms with Crippen molar-refractivity contribution in [2.45, 2.75) is 44.7 Å². The van der Waals surface area contributed by atoms with Crippen LogP contribution in [0.4, 0.5) is 5.69 Å². The molecule has 1 aliphatic rings. The van der Waals surface area contributed by atoms with Crippen molar-refractivity contribution in [3.05, 3.63) is 47.9 Å². The highest BCUT2D eigenvalue weighted by Crippen LogP contribution is 2.30. The topological polar surface area (TPSA) is 63.5 Å². The zero-order chi connectivity index (χ0) is 16.9. The monoisotopic (exact) mass is 328 g/mol. The predicted octanol–water partition coefficient (Wildman–Crippen LogP) is 3.67. The maximum Gasteiger partial charge on any atom is 0.225 e. The predicted molar refractivity (Wildman–Crippen MR) is 93.2 cm³/mol. The molecule has 1 aliphatic carbocycles. The fraction of sp³-hybridized carbons (Fsp3) is 0.421. The molecule has 0 saturated carbocycles. The third-order valence-corrected chi connectivity index (χ3v) is 4.40. The fourth-order valence-electron chi connectivity index (χ4n) is 3.23. The molecular formula is C19H24N2O3. The fourth-order valence-corrected chi connectivity index (χ4v) is 3.23. The third kappa shape index (κ3) is 3.97. The lowest BCUT2D eigenvalue weighted by atomic mass is 9.92. The van der Waals surface area contributed by atoms with Crippen molar-refractivity contribution in [3.63, 3.8) is 0 Å². The van der Waals surface area contributed by atoms with Crippen LogP contribution in [0, 0.1) is 0 Å². The number of benzene rings is 1. The van der Waals surface area contributed by atoms with Crippen LogP contribution in [0.2, 0.25) is 0 Å². The Kier molecular flexibility index (Phi) is 5.20. The van der Waals surface area contributed by atoms with E-state index in [0.29, 0.717) is 6.42 Å².